The van der Waals surface area contributed by atoms with E-state index in [1.807, 2.05) is 24.3 Å². The zero-order chi connectivity index (χ0) is 17.6. The molecule has 1 heterocycles. The number of anilines is 1. The van der Waals surface area contributed by atoms with Gasteiger partial charge in [-0.3, -0.25) is 9.59 Å². The van der Waals surface area contributed by atoms with Gasteiger partial charge in [-0.05, 0) is 18.2 Å². The zero-order valence-electron chi connectivity index (χ0n) is 13.4. The van der Waals surface area contributed by atoms with E-state index < -0.39 is 0 Å². The van der Waals surface area contributed by atoms with Gasteiger partial charge in [0, 0.05) is 23.7 Å². The number of rotatable bonds is 6. The summed E-state index contributed by atoms with van der Waals surface area (Å²) in [6.45, 7) is 1.44. The maximum absolute atomic E-state index is 12.1. The Morgan fingerprint density at radius 2 is 1.88 bits per heavy atom. The Morgan fingerprint density at radius 3 is 2.64 bits per heavy atom. The quantitative estimate of drug-likeness (QED) is 0.537. The second-order valence-electron chi connectivity index (χ2n) is 5.21. The highest BCUT2D eigenvalue weighted by Crippen LogP contribution is 2.25. The second-order valence-corrected chi connectivity index (χ2v) is 6.14. The second kappa shape index (κ2) is 7.76. The van der Waals surface area contributed by atoms with Crippen molar-refractivity contribution in [3.63, 3.8) is 0 Å². The smallest absolute Gasteiger partial charge is 0.277 e. The Labute approximate surface area is 148 Å². The number of hydrogen-bond donors (Lipinski definition) is 1. The minimum absolute atomic E-state index is 0.00185. The Morgan fingerprint density at radius 1 is 1.08 bits per heavy atom. The number of thioether (sulfide) groups is 1. The Bertz CT molecular complexity index is 893. The van der Waals surface area contributed by atoms with Crippen LogP contribution < -0.4 is 5.32 Å². The molecule has 0 radical (unpaired) electrons. The van der Waals surface area contributed by atoms with Gasteiger partial charge in [0.15, 0.2) is 5.78 Å². The minimum atomic E-state index is -0.154. The third-order valence-electron chi connectivity index (χ3n) is 3.26. The van der Waals surface area contributed by atoms with E-state index in [4.69, 9.17) is 4.42 Å². The first kappa shape index (κ1) is 16.9. The van der Waals surface area contributed by atoms with Crippen LogP contribution in [0.15, 0.2) is 64.2 Å². The van der Waals surface area contributed by atoms with Gasteiger partial charge in [0.1, 0.15) is 0 Å². The van der Waals surface area contributed by atoms with Crippen LogP contribution in [0.3, 0.4) is 0 Å². The van der Waals surface area contributed by atoms with Crippen LogP contribution in [-0.2, 0) is 4.79 Å². The van der Waals surface area contributed by atoms with Crippen LogP contribution in [0.2, 0.25) is 0 Å². The highest BCUT2D eigenvalue weighted by Gasteiger charge is 2.12. The van der Waals surface area contributed by atoms with Crippen LogP contribution in [0.4, 0.5) is 5.69 Å². The van der Waals surface area contributed by atoms with E-state index in [0.29, 0.717) is 27.9 Å². The van der Waals surface area contributed by atoms with Crippen molar-refractivity contribution < 1.29 is 14.0 Å². The molecule has 6 nitrogen and oxygen atoms in total. The number of carbonyl (C=O) groups is 2. The molecule has 1 aromatic heterocycles. The lowest BCUT2D eigenvalue weighted by Gasteiger charge is -2.02. The number of nitrogens with one attached hydrogen (secondary N) is 1. The van der Waals surface area contributed by atoms with Crippen molar-refractivity contribution in [2.24, 2.45) is 0 Å². The van der Waals surface area contributed by atoms with Crippen LogP contribution in [0.1, 0.15) is 17.3 Å². The zero-order valence-corrected chi connectivity index (χ0v) is 14.2. The molecule has 1 N–H and O–H groups in total. The molecule has 0 spiro atoms. The maximum atomic E-state index is 12.1. The number of hydrogen-bond acceptors (Lipinski definition) is 6. The van der Waals surface area contributed by atoms with Crippen molar-refractivity contribution in [1.82, 2.24) is 10.2 Å². The molecule has 0 atom stereocenters. The summed E-state index contributed by atoms with van der Waals surface area (Å²) in [6, 6.07) is 16.2. The van der Waals surface area contributed by atoms with Gasteiger partial charge in [-0.1, -0.05) is 48.2 Å². The van der Waals surface area contributed by atoms with Gasteiger partial charge >= 0.3 is 0 Å². The Balaban J connectivity index is 1.66. The molecule has 0 unspecified atom stereocenters. The van der Waals surface area contributed by atoms with E-state index in [2.05, 4.69) is 15.5 Å². The van der Waals surface area contributed by atoms with Crippen LogP contribution in [0, 0.1) is 0 Å². The van der Waals surface area contributed by atoms with E-state index in [-0.39, 0.29) is 17.4 Å². The summed E-state index contributed by atoms with van der Waals surface area (Å²) in [4.78, 5) is 23.2. The molecule has 0 fully saturated rings. The molecule has 0 aliphatic rings. The lowest BCUT2D eigenvalue weighted by atomic mass is 10.2. The number of Topliss-reactive ketones (excluding diaryl/α,β-unsaturated/α-hetero) is 1. The van der Waals surface area contributed by atoms with Crippen molar-refractivity contribution in [2.75, 3.05) is 11.1 Å². The lowest BCUT2D eigenvalue weighted by molar-refractivity contribution is -0.114. The third kappa shape index (κ3) is 4.54. The van der Waals surface area contributed by atoms with E-state index in [9.17, 15) is 9.59 Å². The number of carbonyl (C=O) groups excluding carboxylic acids is 2. The van der Waals surface area contributed by atoms with Crippen LogP contribution in [0.25, 0.3) is 11.5 Å². The summed E-state index contributed by atoms with van der Waals surface area (Å²) in [5.74, 6) is 0.399. The first-order valence-corrected chi connectivity index (χ1v) is 8.53. The van der Waals surface area contributed by atoms with Gasteiger partial charge in [-0.15, -0.1) is 10.2 Å². The molecule has 0 bridgehead atoms. The number of ketones is 1. The van der Waals surface area contributed by atoms with Crippen molar-refractivity contribution in [1.29, 1.82) is 0 Å². The van der Waals surface area contributed by atoms with Crippen molar-refractivity contribution >= 4 is 29.1 Å². The molecule has 3 aromatic rings. The summed E-state index contributed by atoms with van der Waals surface area (Å²) < 4.78 is 5.59. The molecule has 3 rings (SSSR count). The molecule has 25 heavy (non-hydrogen) atoms. The summed E-state index contributed by atoms with van der Waals surface area (Å²) in [5, 5.41) is 11.0. The van der Waals surface area contributed by atoms with Crippen molar-refractivity contribution in [3.05, 3.63) is 60.2 Å². The lowest BCUT2D eigenvalue weighted by Crippen LogP contribution is -2.05. The molecule has 7 heteroatoms. The molecule has 0 aliphatic heterocycles. The molecule has 0 saturated heterocycles. The molecule has 2 aromatic carbocycles. The van der Waals surface area contributed by atoms with E-state index in [1.165, 1.54) is 18.7 Å². The predicted octanol–water partition coefficient (Wildman–Crippen LogP) is 3.67. The highest BCUT2D eigenvalue weighted by molar-refractivity contribution is 7.99. The van der Waals surface area contributed by atoms with E-state index >= 15 is 0 Å². The monoisotopic (exact) mass is 353 g/mol. The van der Waals surface area contributed by atoms with Gasteiger partial charge in [0.25, 0.3) is 5.22 Å². The van der Waals surface area contributed by atoms with Crippen LogP contribution >= 0.6 is 11.8 Å². The standard InChI is InChI=1S/C18H15N3O3S/c1-12(22)19-15-9-5-8-14(10-15)17-20-21-18(24-17)25-11-16(23)13-6-3-2-4-7-13/h2-10H,11H2,1H3,(H,19,22). The average molecular weight is 353 g/mol. The van der Waals surface area contributed by atoms with Crippen molar-refractivity contribution in [3.8, 4) is 11.5 Å². The number of benzene rings is 2. The summed E-state index contributed by atoms with van der Waals surface area (Å²) in [5.41, 5.74) is 1.99. The maximum Gasteiger partial charge on any atom is 0.277 e. The van der Waals surface area contributed by atoms with E-state index in [0.717, 1.165) is 0 Å². The number of nitrogens with zero attached hydrogens (tertiary/aromatic N) is 2. The molecule has 0 saturated carbocycles. The topological polar surface area (TPSA) is 85.1 Å². The van der Waals surface area contributed by atoms with Gasteiger partial charge in [-0.25, -0.2) is 0 Å². The fourth-order valence-corrected chi connectivity index (χ4v) is 2.81. The normalized spacial score (nSPS) is 10.4. The summed E-state index contributed by atoms with van der Waals surface area (Å²) >= 11 is 1.19. The van der Waals surface area contributed by atoms with Gasteiger partial charge in [-0.2, -0.15) is 0 Å². The Kier molecular flexibility index (Phi) is 5.25. The molecule has 0 aliphatic carbocycles. The molecule has 1 amide bonds. The first-order valence-electron chi connectivity index (χ1n) is 7.54. The third-order valence-corrected chi connectivity index (χ3v) is 4.08. The number of amides is 1. The van der Waals surface area contributed by atoms with E-state index in [1.54, 1.807) is 30.3 Å². The largest absolute Gasteiger partial charge is 0.411 e. The van der Waals surface area contributed by atoms with Gasteiger partial charge in [0.2, 0.25) is 11.8 Å². The molecular weight excluding hydrogens is 338 g/mol. The Hall–Kier alpha value is -2.93. The van der Waals surface area contributed by atoms with Gasteiger partial charge in [0.05, 0.1) is 5.75 Å². The predicted molar refractivity (Wildman–Crippen MR) is 95.5 cm³/mol. The SMILES string of the molecule is CC(=O)Nc1cccc(-c2nnc(SCC(=O)c3ccccc3)o2)c1. The summed E-state index contributed by atoms with van der Waals surface area (Å²) in [7, 11) is 0. The first-order chi connectivity index (χ1) is 12.1. The van der Waals surface area contributed by atoms with Crippen molar-refractivity contribution in [2.45, 2.75) is 12.1 Å². The van der Waals surface area contributed by atoms with Crippen LogP contribution in [-0.4, -0.2) is 27.6 Å². The highest BCUT2D eigenvalue weighted by atomic mass is 32.2. The fourth-order valence-electron chi connectivity index (χ4n) is 2.15. The number of aromatic nitrogens is 2. The molecule has 126 valence electrons. The minimum Gasteiger partial charge on any atom is -0.411 e. The van der Waals surface area contributed by atoms with Crippen LogP contribution in [0.5, 0.6) is 0 Å². The molecular formula is C18H15N3O3S. The average Bonchev–Trinajstić information content (AvgIpc) is 3.09. The summed E-state index contributed by atoms with van der Waals surface area (Å²) in [6.07, 6.45) is 0. The fraction of sp³-hybridized carbons (Fsp3) is 0.111. The van der Waals surface area contributed by atoms with Gasteiger partial charge < -0.3 is 9.73 Å².